The third-order valence-corrected chi connectivity index (χ3v) is 5.46. The molecule has 7 nitrogen and oxygen atoms in total. The van der Waals surface area contributed by atoms with E-state index in [0.29, 0.717) is 23.4 Å². The lowest BCUT2D eigenvalue weighted by atomic mass is 10.0. The number of benzene rings is 3. The van der Waals surface area contributed by atoms with E-state index in [-0.39, 0.29) is 23.6 Å². The van der Waals surface area contributed by atoms with E-state index < -0.39 is 6.04 Å². The monoisotopic (exact) mass is 431 g/mol. The summed E-state index contributed by atoms with van der Waals surface area (Å²) in [7, 11) is 0. The van der Waals surface area contributed by atoms with Crippen LogP contribution in [0.4, 0.5) is 0 Å². The minimum Gasteiger partial charge on any atom is -0.508 e. The van der Waals surface area contributed by atoms with Crippen LogP contribution in [0.3, 0.4) is 0 Å². The van der Waals surface area contributed by atoms with Crippen molar-refractivity contribution >= 4 is 11.8 Å². The molecule has 4 N–H and O–H groups in total. The molecule has 4 rings (SSSR count). The molecule has 1 aliphatic rings. The first-order valence-corrected chi connectivity index (χ1v) is 10.5. The Morgan fingerprint density at radius 1 is 1.00 bits per heavy atom. The summed E-state index contributed by atoms with van der Waals surface area (Å²) in [5.74, 6) is 5.25. The van der Waals surface area contributed by atoms with Gasteiger partial charge in [-0.3, -0.25) is 9.59 Å². The van der Waals surface area contributed by atoms with Gasteiger partial charge in [0.25, 0.3) is 5.91 Å². The molecule has 1 unspecified atom stereocenters. The van der Waals surface area contributed by atoms with E-state index in [1.54, 1.807) is 41.3 Å². The van der Waals surface area contributed by atoms with Crippen molar-refractivity contribution in [3.8, 4) is 11.5 Å². The second kappa shape index (κ2) is 9.53. The van der Waals surface area contributed by atoms with Gasteiger partial charge in [-0.1, -0.05) is 42.5 Å². The topological polar surface area (TPSA) is 105 Å². The van der Waals surface area contributed by atoms with Crippen molar-refractivity contribution in [1.82, 2.24) is 10.2 Å². The summed E-state index contributed by atoms with van der Waals surface area (Å²) in [6.07, 6.45) is 1.66. The van der Waals surface area contributed by atoms with Gasteiger partial charge in [0.1, 0.15) is 17.5 Å². The number of aromatic hydroxyl groups is 1. The summed E-state index contributed by atoms with van der Waals surface area (Å²) >= 11 is 0. The Labute approximate surface area is 186 Å². The lowest BCUT2D eigenvalue weighted by molar-refractivity contribution is -0.126. The molecule has 1 aliphatic carbocycles. The van der Waals surface area contributed by atoms with Crippen LogP contribution in [0.15, 0.2) is 78.9 Å². The lowest BCUT2D eigenvalue weighted by Gasteiger charge is -2.32. The maximum Gasteiger partial charge on any atom is 0.255 e. The zero-order valence-corrected chi connectivity index (χ0v) is 17.5. The van der Waals surface area contributed by atoms with Gasteiger partial charge in [0, 0.05) is 18.2 Å². The van der Waals surface area contributed by atoms with Crippen molar-refractivity contribution in [2.45, 2.75) is 31.5 Å². The number of rotatable bonds is 8. The molecule has 0 aromatic heterocycles. The van der Waals surface area contributed by atoms with E-state index >= 15 is 0 Å². The molecule has 1 atom stereocenters. The molecule has 0 heterocycles. The Morgan fingerprint density at radius 2 is 1.66 bits per heavy atom. The number of carbonyl (C=O) groups is 2. The molecular weight excluding hydrogens is 406 g/mol. The van der Waals surface area contributed by atoms with Crippen molar-refractivity contribution in [2.24, 2.45) is 5.90 Å². The van der Waals surface area contributed by atoms with Gasteiger partial charge >= 0.3 is 0 Å². The highest BCUT2D eigenvalue weighted by Gasteiger charge is 2.41. The maximum atomic E-state index is 13.5. The minimum absolute atomic E-state index is 0.0331. The van der Waals surface area contributed by atoms with E-state index in [1.165, 1.54) is 12.1 Å². The highest BCUT2D eigenvalue weighted by Crippen LogP contribution is 2.36. The highest BCUT2D eigenvalue weighted by molar-refractivity contribution is 5.98. The van der Waals surface area contributed by atoms with E-state index in [0.717, 1.165) is 18.4 Å². The molecule has 0 bridgehead atoms. The van der Waals surface area contributed by atoms with Gasteiger partial charge in [0.2, 0.25) is 5.91 Å². The average molecular weight is 431 g/mol. The molecule has 0 radical (unpaired) electrons. The van der Waals surface area contributed by atoms with Gasteiger partial charge in [-0.2, -0.15) is 5.90 Å². The fourth-order valence-electron chi connectivity index (χ4n) is 3.65. The van der Waals surface area contributed by atoms with Gasteiger partial charge in [0.05, 0.1) is 0 Å². The molecule has 1 saturated carbocycles. The average Bonchev–Trinajstić information content (AvgIpc) is 3.67. The fourth-order valence-corrected chi connectivity index (χ4v) is 3.65. The van der Waals surface area contributed by atoms with Crippen molar-refractivity contribution in [2.75, 3.05) is 0 Å². The molecule has 164 valence electrons. The van der Waals surface area contributed by atoms with E-state index in [2.05, 4.69) is 5.32 Å². The van der Waals surface area contributed by atoms with Crippen LogP contribution in [0.2, 0.25) is 0 Å². The number of nitrogens with one attached hydrogen (secondary N) is 1. The molecule has 3 aromatic rings. The number of hydrogen-bond acceptors (Lipinski definition) is 5. The standard InChI is InChI=1S/C25H25N3O4/c26-32-22-14-8-18(9-15-22)23(24(30)27-16-17-4-2-1-3-5-17)28(20-10-11-20)25(31)19-6-12-21(29)13-7-19/h1-9,12-15,20,23,29H,10-11,16,26H2,(H,27,30). The number of nitrogens with zero attached hydrogens (tertiary/aromatic N) is 1. The molecule has 0 saturated heterocycles. The Hall–Kier alpha value is -3.84. The van der Waals surface area contributed by atoms with Gasteiger partial charge < -0.3 is 20.2 Å². The summed E-state index contributed by atoms with van der Waals surface area (Å²) < 4.78 is 0. The summed E-state index contributed by atoms with van der Waals surface area (Å²) in [6.45, 7) is 0.353. The first-order valence-electron chi connectivity index (χ1n) is 10.5. The van der Waals surface area contributed by atoms with Crippen molar-refractivity contribution in [3.63, 3.8) is 0 Å². The zero-order chi connectivity index (χ0) is 22.5. The van der Waals surface area contributed by atoms with Crippen molar-refractivity contribution in [1.29, 1.82) is 0 Å². The van der Waals surface area contributed by atoms with Gasteiger partial charge in [-0.05, 0) is 60.4 Å². The number of carbonyl (C=O) groups excluding carboxylic acids is 2. The zero-order valence-electron chi connectivity index (χ0n) is 17.5. The first-order chi connectivity index (χ1) is 15.6. The first kappa shape index (κ1) is 21.4. The quantitative estimate of drug-likeness (QED) is 0.475. The van der Waals surface area contributed by atoms with Gasteiger partial charge in [0.15, 0.2) is 0 Å². The van der Waals surface area contributed by atoms with Crippen LogP contribution in [0.25, 0.3) is 0 Å². The second-order valence-electron chi connectivity index (χ2n) is 7.78. The molecule has 0 aliphatic heterocycles. The molecule has 32 heavy (non-hydrogen) atoms. The van der Waals surface area contributed by atoms with E-state index in [1.807, 2.05) is 30.3 Å². The molecule has 0 spiro atoms. The Morgan fingerprint density at radius 3 is 2.25 bits per heavy atom. The van der Waals surface area contributed by atoms with Gasteiger partial charge in [-0.25, -0.2) is 0 Å². The highest BCUT2D eigenvalue weighted by atomic mass is 16.6. The number of phenols is 1. The van der Waals surface area contributed by atoms with Crippen molar-refractivity contribution in [3.05, 3.63) is 95.6 Å². The van der Waals surface area contributed by atoms with Crippen LogP contribution in [0.1, 0.15) is 40.4 Å². The lowest BCUT2D eigenvalue weighted by Crippen LogP contribution is -2.44. The Bertz CT molecular complexity index is 1060. The molecule has 1 fully saturated rings. The number of phenolic OH excluding ortho intramolecular Hbond substituents is 1. The molecule has 2 amide bonds. The van der Waals surface area contributed by atoms with Crippen LogP contribution in [0, 0.1) is 0 Å². The molecule has 7 heteroatoms. The largest absolute Gasteiger partial charge is 0.508 e. The van der Waals surface area contributed by atoms with Crippen LogP contribution in [0.5, 0.6) is 11.5 Å². The van der Waals surface area contributed by atoms with Crippen LogP contribution in [-0.4, -0.2) is 27.9 Å². The number of nitrogens with two attached hydrogens (primary N) is 1. The van der Waals surface area contributed by atoms with Crippen LogP contribution < -0.4 is 16.1 Å². The number of hydrogen-bond donors (Lipinski definition) is 3. The smallest absolute Gasteiger partial charge is 0.255 e. The Balaban J connectivity index is 1.66. The summed E-state index contributed by atoms with van der Waals surface area (Å²) in [4.78, 5) is 33.3. The van der Waals surface area contributed by atoms with E-state index in [9.17, 15) is 14.7 Å². The van der Waals surface area contributed by atoms with E-state index in [4.69, 9.17) is 10.7 Å². The maximum absolute atomic E-state index is 13.5. The summed E-state index contributed by atoms with van der Waals surface area (Å²) in [5, 5.41) is 12.6. The molecule has 3 aromatic carbocycles. The number of amides is 2. The fraction of sp³-hybridized carbons (Fsp3) is 0.200. The SMILES string of the molecule is NOc1ccc(C(C(=O)NCc2ccccc2)N(C(=O)c2ccc(O)cc2)C2CC2)cc1. The summed E-state index contributed by atoms with van der Waals surface area (Å²) in [6, 6.07) is 21.7. The minimum atomic E-state index is -0.820. The molecular formula is C25H25N3O4. The third kappa shape index (κ3) is 4.90. The predicted octanol–water partition coefficient (Wildman–Crippen LogP) is 3.31. The van der Waals surface area contributed by atoms with Crippen molar-refractivity contribution < 1.29 is 19.5 Å². The van der Waals surface area contributed by atoms with Gasteiger partial charge in [-0.15, -0.1) is 0 Å². The predicted molar refractivity (Wildman–Crippen MR) is 120 cm³/mol. The van der Waals surface area contributed by atoms with Crippen LogP contribution >= 0.6 is 0 Å². The van der Waals surface area contributed by atoms with Crippen LogP contribution in [-0.2, 0) is 11.3 Å². The Kier molecular flexibility index (Phi) is 6.37. The second-order valence-corrected chi connectivity index (χ2v) is 7.78. The third-order valence-electron chi connectivity index (χ3n) is 5.46. The normalized spacial score (nSPS) is 13.8. The summed E-state index contributed by atoms with van der Waals surface area (Å²) in [5.41, 5.74) is 2.04.